The number of fused-ring (bicyclic) bond motifs is 3. The molecule has 170 valence electrons. The number of ether oxygens (including phenoxy) is 1. The molecule has 2 aliphatic rings. The molecule has 0 saturated carbocycles. The molecule has 33 heavy (non-hydrogen) atoms. The van der Waals surface area contributed by atoms with Crippen molar-refractivity contribution in [2.45, 2.75) is 12.5 Å². The van der Waals surface area contributed by atoms with Crippen molar-refractivity contribution in [3.8, 4) is 5.75 Å². The lowest BCUT2D eigenvalue weighted by atomic mass is 9.83. The van der Waals surface area contributed by atoms with E-state index in [9.17, 15) is 13.6 Å². The van der Waals surface area contributed by atoms with Gasteiger partial charge >= 0.3 is 0 Å². The second-order valence-electron chi connectivity index (χ2n) is 8.48. The number of piperazine rings is 1. The molecule has 2 atom stereocenters. The minimum atomic E-state index is -0.345. The SMILES string of the molecule is COc1ccc2c(c1)N1CCN(c3ccc(F)cc3)CC1C(C(=O)Nc1ccc(F)cc1)C2. The van der Waals surface area contributed by atoms with Crippen LogP contribution in [0.3, 0.4) is 0 Å². The van der Waals surface area contributed by atoms with Crippen molar-refractivity contribution in [1.29, 1.82) is 0 Å². The average molecular weight is 450 g/mol. The maximum atomic E-state index is 13.4. The Balaban J connectivity index is 1.46. The number of benzene rings is 3. The van der Waals surface area contributed by atoms with Crippen LogP contribution in [-0.2, 0) is 11.2 Å². The topological polar surface area (TPSA) is 44.8 Å². The van der Waals surface area contributed by atoms with Gasteiger partial charge in [0.1, 0.15) is 17.4 Å². The molecule has 0 aromatic heterocycles. The zero-order chi connectivity index (χ0) is 22.9. The molecule has 2 heterocycles. The number of rotatable bonds is 4. The van der Waals surface area contributed by atoms with Crippen LogP contribution in [0, 0.1) is 17.6 Å². The van der Waals surface area contributed by atoms with Gasteiger partial charge in [0.25, 0.3) is 0 Å². The van der Waals surface area contributed by atoms with Crippen molar-refractivity contribution in [2.24, 2.45) is 5.92 Å². The van der Waals surface area contributed by atoms with Gasteiger partial charge in [-0.3, -0.25) is 4.79 Å². The summed E-state index contributed by atoms with van der Waals surface area (Å²) in [6.07, 6.45) is 0.588. The molecule has 1 fully saturated rings. The molecule has 5 rings (SSSR count). The van der Waals surface area contributed by atoms with Crippen molar-refractivity contribution in [1.82, 2.24) is 0 Å². The number of halogens is 2. The summed E-state index contributed by atoms with van der Waals surface area (Å²) in [5.41, 5.74) is 3.69. The maximum absolute atomic E-state index is 13.4. The molecule has 1 N–H and O–H groups in total. The fourth-order valence-electron chi connectivity index (χ4n) is 4.86. The van der Waals surface area contributed by atoms with Gasteiger partial charge in [-0.25, -0.2) is 8.78 Å². The van der Waals surface area contributed by atoms with E-state index in [0.29, 0.717) is 18.7 Å². The standard InChI is InChI=1S/C26H25F2N3O2/c1-33-22-11-2-17-14-23(26(32)29-20-7-3-18(27)4-8-20)25-16-30(12-13-31(25)24(17)15-22)21-9-5-19(28)6-10-21/h2-11,15,23,25H,12-14,16H2,1H3,(H,29,32). The highest BCUT2D eigenvalue weighted by Crippen LogP contribution is 2.39. The molecule has 3 aromatic carbocycles. The maximum Gasteiger partial charge on any atom is 0.229 e. The Morgan fingerprint density at radius 1 is 0.970 bits per heavy atom. The molecule has 0 aliphatic carbocycles. The number of carbonyl (C=O) groups is 1. The lowest BCUT2D eigenvalue weighted by Crippen LogP contribution is -2.60. The number of methoxy groups -OCH3 is 1. The molecule has 0 spiro atoms. The van der Waals surface area contributed by atoms with Gasteiger partial charge in [-0.15, -0.1) is 0 Å². The lowest BCUT2D eigenvalue weighted by Gasteiger charge is -2.49. The minimum absolute atomic E-state index is 0.0798. The fourth-order valence-corrected chi connectivity index (χ4v) is 4.86. The first-order chi connectivity index (χ1) is 16.0. The van der Waals surface area contributed by atoms with Gasteiger partial charge in [0.05, 0.1) is 19.1 Å². The Morgan fingerprint density at radius 2 is 1.67 bits per heavy atom. The van der Waals surface area contributed by atoms with Gasteiger partial charge in [0.15, 0.2) is 0 Å². The number of carbonyl (C=O) groups excluding carboxylic acids is 1. The van der Waals surface area contributed by atoms with Crippen molar-refractivity contribution < 1.29 is 18.3 Å². The second kappa shape index (κ2) is 8.73. The summed E-state index contributed by atoms with van der Waals surface area (Å²) in [6, 6.07) is 18.2. The van der Waals surface area contributed by atoms with Crippen LogP contribution in [-0.4, -0.2) is 38.7 Å². The molecule has 1 amide bonds. The van der Waals surface area contributed by atoms with Gasteiger partial charge in [0, 0.05) is 42.8 Å². The molecule has 0 bridgehead atoms. The molecule has 2 aliphatic heterocycles. The third-order valence-electron chi connectivity index (χ3n) is 6.57. The summed E-state index contributed by atoms with van der Waals surface area (Å²) in [6.45, 7) is 2.11. The third-order valence-corrected chi connectivity index (χ3v) is 6.57. The van der Waals surface area contributed by atoms with E-state index in [1.807, 2.05) is 18.2 Å². The van der Waals surface area contributed by atoms with E-state index in [4.69, 9.17) is 4.74 Å². The quantitative estimate of drug-likeness (QED) is 0.638. The Labute approximate surface area is 191 Å². The predicted octanol–water partition coefficient (Wildman–Crippen LogP) is 4.48. The van der Waals surface area contributed by atoms with E-state index >= 15 is 0 Å². The minimum Gasteiger partial charge on any atom is -0.497 e. The normalized spacial score (nSPS) is 19.5. The smallest absolute Gasteiger partial charge is 0.229 e. The van der Waals surface area contributed by atoms with Crippen LogP contribution < -0.4 is 19.9 Å². The van der Waals surface area contributed by atoms with Gasteiger partial charge in [-0.05, 0) is 66.6 Å². The highest BCUT2D eigenvalue weighted by atomic mass is 19.1. The van der Waals surface area contributed by atoms with E-state index in [2.05, 4.69) is 15.1 Å². The van der Waals surface area contributed by atoms with Crippen molar-refractivity contribution in [3.63, 3.8) is 0 Å². The second-order valence-corrected chi connectivity index (χ2v) is 8.48. The summed E-state index contributed by atoms with van der Waals surface area (Å²) in [5.74, 6) is -0.240. The molecular formula is C26H25F2N3O2. The van der Waals surface area contributed by atoms with Crippen LogP contribution in [0.1, 0.15) is 5.56 Å². The average Bonchev–Trinajstić information content (AvgIpc) is 2.84. The fraction of sp³-hybridized carbons (Fsp3) is 0.269. The first kappa shape index (κ1) is 21.2. The predicted molar refractivity (Wildman–Crippen MR) is 125 cm³/mol. The zero-order valence-electron chi connectivity index (χ0n) is 18.3. The molecule has 3 aromatic rings. The monoisotopic (exact) mass is 449 g/mol. The van der Waals surface area contributed by atoms with Crippen LogP contribution in [0.2, 0.25) is 0 Å². The summed E-state index contributed by atoms with van der Waals surface area (Å²) in [7, 11) is 1.65. The van der Waals surface area contributed by atoms with Crippen LogP contribution in [0.4, 0.5) is 25.8 Å². The molecule has 0 radical (unpaired) electrons. The third kappa shape index (κ3) is 4.23. The number of nitrogens with zero attached hydrogens (tertiary/aromatic N) is 2. The van der Waals surface area contributed by atoms with Gasteiger partial charge in [-0.1, -0.05) is 6.07 Å². The zero-order valence-corrected chi connectivity index (χ0v) is 18.3. The van der Waals surface area contributed by atoms with Gasteiger partial charge in [0.2, 0.25) is 5.91 Å². The van der Waals surface area contributed by atoms with E-state index in [0.717, 1.165) is 35.8 Å². The highest BCUT2D eigenvalue weighted by Gasteiger charge is 2.41. The molecule has 7 heteroatoms. The summed E-state index contributed by atoms with van der Waals surface area (Å²) < 4.78 is 32.2. The van der Waals surface area contributed by atoms with E-state index in [-0.39, 0.29) is 29.5 Å². The van der Waals surface area contributed by atoms with Crippen LogP contribution in [0.15, 0.2) is 66.7 Å². The Bertz CT molecular complexity index is 1150. The highest BCUT2D eigenvalue weighted by molar-refractivity contribution is 5.94. The van der Waals surface area contributed by atoms with Crippen LogP contribution >= 0.6 is 0 Å². The van der Waals surface area contributed by atoms with Crippen LogP contribution in [0.5, 0.6) is 5.75 Å². The summed E-state index contributed by atoms with van der Waals surface area (Å²) in [5, 5.41) is 2.96. The first-order valence-corrected chi connectivity index (χ1v) is 11.0. The number of anilines is 3. The summed E-state index contributed by atoms with van der Waals surface area (Å²) in [4.78, 5) is 17.9. The molecule has 5 nitrogen and oxygen atoms in total. The molecule has 2 unspecified atom stereocenters. The number of amides is 1. The number of hydrogen-bond donors (Lipinski definition) is 1. The Kier molecular flexibility index (Phi) is 5.62. The van der Waals surface area contributed by atoms with Crippen molar-refractivity contribution >= 4 is 23.0 Å². The van der Waals surface area contributed by atoms with Gasteiger partial charge in [-0.2, -0.15) is 0 Å². The first-order valence-electron chi connectivity index (χ1n) is 11.0. The molecule has 1 saturated heterocycles. The van der Waals surface area contributed by atoms with Crippen LogP contribution in [0.25, 0.3) is 0 Å². The van der Waals surface area contributed by atoms with Crippen molar-refractivity contribution in [2.75, 3.05) is 41.9 Å². The van der Waals surface area contributed by atoms with E-state index in [1.165, 1.54) is 24.3 Å². The lowest BCUT2D eigenvalue weighted by molar-refractivity contribution is -0.120. The van der Waals surface area contributed by atoms with Gasteiger partial charge < -0.3 is 19.9 Å². The molecular weight excluding hydrogens is 424 g/mol. The van der Waals surface area contributed by atoms with Crippen molar-refractivity contribution in [3.05, 3.63) is 83.9 Å². The Hall–Kier alpha value is -3.61. The number of hydrogen-bond acceptors (Lipinski definition) is 4. The number of nitrogens with one attached hydrogen (secondary N) is 1. The summed E-state index contributed by atoms with van der Waals surface area (Å²) >= 11 is 0. The van der Waals surface area contributed by atoms with E-state index in [1.54, 1.807) is 31.4 Å². The Morgan fingerprint density at radius 3 is 2.36 bits per heavy atom. The largest absolute Gasteiger partial charge is 0.497 e. The van der Waals surface area contributed by atoms with E-state index < -0.39 is 0 Å².